The van der Waals surface area contributed by atoms with Gasteiger partial charge in [0.2, 0.25) is 0 Å². The highest BCUT2D eigenvalue weighted by Gasteiger charge is 2.24. The number of amides is 1. The van der Waals surface area contributed by atoms with E-state index in [0.29, 0.717) is 5.56 Å². The van der Waals surface area contributed by atoms with Crippen molar-refractivity contribution in [2.24, 2.45) is 0 Å². The highest BCUT2D eigenvalue weighted by atomic mass is 79.9. The Morgan fingerprint density at radius 1 is 1.42 bits per heavy atom. The predicted octanol–water partition coefficient (Wildman–Crippen LogP) is 5.14. The molecule has 1 aliphatic rings. The molecule has 0 spiro atoms. The Hall–Kier alpha value is -0.170. The summed E-state index contributed by atoms with van der Waals surface area (Å²) in [6.07, 6.45) is 3.32. The van der Waals surface area contributed by atoms with E-state index in [-0.39, 0.29) is 11.9 Å². The number of aryl methyl sites for hydroxylation is 1. The van der Waals surface area contributed by atoms with Crippen LogP contribution in [-0.2, 0) is 6.42 Å². The lowest BCUT2D eigenvalue weighted by Crippen LogP contribution is -2.30. The first kappa shape index (κ1) is 13.8. The van der Waals surface area contributed by atoms with Crippen LogP contribution in [0.2, 0.25) is 0 Å². The number of carbonyl (C=O) groups excluding carboxylic acids is 1. The average molecular weight is 421 g/mol. The van der Waals surface area contributed by atoms with Gasteiger partial charge in [-0.15, -0.1) is 22.7 Å². The Bertz CT molecular complexity index is 620. The molecule has 0 saturated heterocycles. The third-order valence-electron chi connectivity index (χ3n) is 3.26. The molecule has 0 radical (unpaired) electrons. The van der Waals surface area contributed by atoms with Crippen molar-refractivity contribution >= 4 is 60.4 Å². The van der Waals surface area contributed by atoms with Gasteiger partial charge in [-0.2, -0.15) is 0 Å². The lowest BCUT2D eigenvalue weighted by atomic mass is 9.94. The molecule has 2 heterocycles. The van der Waals surface area contributed by atoms with E-state index < -0.39 is 0 Å². The summed E-state index contributed by atoms with van der Waals surface area (Å²) in [5.41, 5.74) is 2.01. The van der Waals surface area contributed by atoms with Gasteiger partial charge in [0.25, 0.3) is 5.91 Å². The summed E-state index contributed by atoms with van der Waals surface area (Å²) < 4.78 is 1.84. The summed E-state index contributed by atoms with van der Waals surface area (Å²) in [5.74, 6) is -0.00197. The van der Waals surface area contributed by atoms with Gasteiger partial charge in [0.15, 0.2) is 0 Å². The summed E-state index contributed by atoms with van der Waals surface area (Å²) in [6.45, 7) is 0. The number of rotatable bonds is 2. The molecule has 6 heteroatoms. The van der Waals surface area contributed by atoms with Gasteiger partial charge in [-0.3, -0.25) is 4.79 Å². The van der Waals surface area contributed by atoms with Crippen molar-refractivity contribution in [1.29, 1.82) is 0 Å². The number of nitrogens with one attached hydrogen (secondary N) is 1. The zero-order valence-corrected chi connectivity index (χ0v) is 14.7. The van der Waals surface area contributed by atoms with Crippen molar-refractivity contribution in [3.8, 4) is 0 Å². The third kappa shape index (κ3) is 2.82. The zero-order valence-electron chi connectivity index (χ0n) is 9.91. The van der Waals surface area contributed by atoms with Crippen LogP contribution in [0.3, 0.4) is 0 Å². The highest BCUT2D eigenvalue weighted by Crippen LogP contribution is 2.35. The standard InChI is InChI=1S/C13H11Br2NOS2/c14-11-6-8(12(15)19-11)13(17)16-9-2-1-3-10-7(9)4-5-18-10/h4-6,9H,1-3H2,(H,16,17). The maximum absolute atomic E-state index is 12.3. The molecular formula is C13H11Br2NOS2. The highest BCUT2D eigenvalue weighted by molar-refractivity contribution is 9.12. The first-order chi connectivity index (χ1) is 9.15. The minimum Gasteiger partial charge on any atom is -0.345 e. The number of thiophene rings is 2. The molecule has 0 saturated carbocycles. The molecule has 1 N–H and O–H groups in total. The van der Waals surface area contributed by atoms with E-state index >= 15 is 0 Å². The van der Waals surface area contributed by atoms with Crippen LogP contribution in [0.25, 0.3) is 0 Å². The van der Waals surface area contributed by atoms with E-state index in [1.54, 1.807) is 11.3 Å². The van der Waals surface area contributed by atoms with Crippen LogP contribution in [-0.4, -0.2) is 5.91 Å². The fraction of sp³-hybridized carbons (Fsp3) is 0.308. The Labute approximate surface area is 136 Å². The SMILES string of the molecule is O=C(NC1CCCc2sccc21)c1cc(Br)sc1Br. The van der Waals surface area contributed by atoms with Gasteiger partial charge in [0.1, 0.15) is 0 Å². The largest absolute Gasteiger partial charge is 0.345 e. The van der Waals surface area contributed by atoms with Crippen molar-refractivity contribution in [1.82, 2.24) is 5.32 Å². The molecule has 2 nitrogen and oxygen atoms in total. The Balaban J connectivity index is 1.80. The average Bonchev–Trinajstić information content (AvgIpc) is 2.96. The zero-order chi connectivity index (χ0) is 13.4. The van der Waals surface area contributed by atoms with E-state index in [2.05, 4.69) is 48.6 Å². The molecule has 2 aromatic rings. The molecule has 100 valence electrons. The van der Waals surface area contributed by atoms with Gasteiger partial charge in [0, 0.05) is 4.88 Å². The first-order valence-corrected chi connectivity index (χ1v) is 9.25. The van der Waals surface area contributed by atoms with Crippen molar-refractivity contribution in [3.05, 3.63) is 41.1 Å². The van der Waals surface area contributed by atoms with Crippen LogP contribution >= 0.6 is 54.5 Å². The Morgan fingerprint density at radius 3 is 3.00 bits per heavy atom. The summed E-state index contributed by atoms with van der Waals surface area (Å²) in [5, 5.41) is 5.27. The van der Waals surface area contributed by atoms with E-state index in [4.69, 9.17) is 0 Å². The molecular weight excluding hydrogens is 410 g/mol. The number of fused-ring (bicyclic) bond motifs is 1. The minimum atomic E-state index is -0.00197. The normalized spacial score (nSPS) is 18.1. The van der Waals surface area contributed by atoms with Crippen molar-refractivity contribution in [2.75, 3.05) is 0 Å². The van der Waals surface area contributed by atoms with Gasteiger partial charge in [-0.25, -0.2) is 0 Å². The number of hydrogen-bond donors (Lipinski definition) is 1. The molecule has 1 aliphatic carbocycles. The van der Waals surface area contributed by atoms with Gasteiger partial charge >= 0.3 is 0 Å². The van der Waals surface area contributed by atoms with Crippen molar-refractivity contribution in [2.45, 2.75) is 25.3 Å². The third-order valence-corrected chi connectivity index (χ3v) is 6.59. The van der Waals surface area contributed by atoms with Crippen LogP contribution in [0.1, 0.15) is 39.7 Å². The lowest BCUT2D eigenvalue weighted by molar-refractivity contribution is 0.0932. The minimum absolute atomic E-state index is 0.00197. The number of carbonyl (C=O) groups is 1. The summed E-state index contributed by atoms with van der Waals surface area (Å²) in [6, 6.07) is 4.16. The summed E-state index contributed by atoms with van der Waals surface area (Å²) in [4.78, 5) is 13.7. The van der Waals surface area contributed by atoms with Crippen molar-refractivity contribution in [3.63, 3.8) is 0 Å². The van der Waals surface area contributed by atoms with Gasteiger partial charge in [-0.05, 0) is 74.2 Å². The van der Waals surface area contributed by atoms with Gasteiger partial charge < -0.3 is 5.32 Å². The van der Waals surface area contributed by atoms with Gasteiger partial charge in [-0.1, -0.05) is 0 Å². The molecule has 0 fully saturated rings. The first-order valence-electron chi connectivity index (χ1n) is 5.97. The Kier molecular flexibility index (Phi) is 4.12. The second kappa shape index (κ2) is 5.68. The van der Waals surface area contributed by atoms with Crippen LogP contribution in [0.5, 0.6) is 0 Å². The summed E-state index contributed by atoms with van der Waals surface area (Å²) in [7, 11) is 0. The smallest absolute Gasteiger partial charge is 0.253 e. The quantitative estimate of drug-likeness (QED) is 0.715. The van der Waals surface area contributed by atoms with Crippen LogP contribution in [0.15, 0.2) is 25.1 Å². The molecule has 0 aliphatic heterocycles. The monoisotopic (exact) mass is 419 g/mol. The second-order valence-electron chi connectivity index (χ2n) is 4.46. The van der Waals surface area contributed by atoms with E-state index in [1.165, 1.54) is 21.8 Å². The fourth-order valence-corrected chi connectivity index (χ4v) is 6.15. The maximum Gasteiger partial charge on any atom is 0.253 e. The summed E-state index contributed by atoms with van der Waals surface area (Å²) >= 11 is 10.2. The van der Waals surface area contributed by atoms with Gasteiger partial charge in [0.05, 0.1) is 19.2 Å². The molecule has 0 bridgehead atoms. The van der Waals surface area contributed by atoms with Crippen LogP contribution < -0.4 is 5.32 Å². The topological polar surface area (TPSA) is 29.1 Å². The van der Waals surface area contributed by atoms with Crippen molar-refractivity contribution < 1.29 is 4.79 Å². The molecule has 1 unspecified atom stereocenters. The lowest BCUT2D eigenvalue weighted by Gasteiger charge is -2.23. The van der Waals surface area contributed by atoms with E-state index in [9.17, 15) is 4.79 Å². The number of halogens is 2. The maximum atomic E-state index is 12.3. The van der Waals surface area contributed by atoms with E-state index in [1.807, 2.05) is 6.07 Å². The van der Waals surface area contributed by atoms with Crippen LogP contribution in [0.4, 0.5) is 0 Å². The molecule has 3 rings (SSSR count). The Morgan fingerprint density at radius 2 is 2.26 bits per heavy atom. The second-order valence-corrected chi connectivity index (χ2v) is 9.21. The number of hydrogen-bond acceptors (Lipinski definition) is 3. The fourth-order valence-electron chi connectivity index (χ4n) is 2.37. The van der Waals surface area contributed by atoms with Crippen LogP contribution in [0, 0.1) is 0 Å². The van der Waals surface area contributed by atoms with E-state index in [0.717, 1.165) is 26.8 Å². The molecule has 1 atom stereocenters. The predicted molar refractivity (Wildman–Crippen MR) is 87.2 cm³/mol. The molecule has 0 aromatic carbocycles. The molecule has 19 heavy (non-hydrogen) atoms. The molecule has 1 amide bonds. The molecule has 2 aromatic heterocycles.